The second-order valence-corrected chi connectivity index (χ2v) is 6.44. The Bertz CT molecular complexity index is 663. The number of hydrogen-bond donors (Lipinski definition) is 1. The Balaban J connectivity index is 2.26. The van der Waals surface area contributed by atoms with Crippen molar-refractivity contribution in [3.05, 3.63) is 42.4 Å². The van der Waals surface area contributed by atoms with E-state index in [2.05, 4.69) is 0 Å². The molecular formula is C13H16N2O3S. The molecule has 0 saturated carbocycles. The van der Waals surface area contributed by atoms with Crippen LogP contribution in [0, 0.1) is 0 Å². The van der Waals surface area contributed by atoms with E-state index in [1.54, 1.807) is 18.4 Å². The van der Waals surface area contributed by atoms with Crippen molar-refractivity contribution in [2.45, 2.75) is 11.4 Å². The molecule has 2 N–H and O–H groups in total. The van der Waals surface area contributed by atoms with Gasteiger partial charge >= 0.3 is 0 Å². The fraction of sp³-hybridized carbons (Fsp3) is 0.231. The zero-order valence-electron chi connectivity index (χ0n) is 10.8. The third kappa shape index (κ3) is 3.08. The van der Waals surface area contributed by atoms with Crippen LogP contribution in [0.25, 0.3) is 0 Å². The molecule has 19 heavy (non-hydrogen) atoms. The third-order valence-corrected chi connectivity index (χ3v) is 3.92. The minimum Gasteiger partial charge on any atom is -0.467 e. The van der Waals surface area contributed by atoms with E-state index < -0.39 is 9.84 Å². The van der Waals surface area contributed by atoms with Crippen LogP contribution in [0.2, 0.25) is 0 Å². The Morgan fingerprint density at radius 1 is 1.32 bits per heavy atom. The lowest BCUT2D eigenvalue weighted by Crippen LogP contribution is -2.17. The smallest absolute Gasteiger partial charge is 0.175 e. The molecule has 0 bridgehead atoms. The fourth-order valence-electron chi connectivity index (χ4n) is 1.83. The molecule has 5 nitrogen and oxygen atoms in total. The Morgan fingerprint density at radius 2 is 2.05 bits per heavy atom. The highest BCUT2D eigenvalue weighted by atomic mass is 32.2. The second kappa shape index (κ2) is 4.97. The molecule has 0 amide bonds. The van der Waals surface area contributed by atoms with E-state index >= 15 is 0 Å². The summed E-state index contributed by atoms with van der Waals surface area (Å²) in [6, 6.07) is 8.43. The molecule has 0 atom stereocenters. The van der Waals surface area contributed by atoms with Gasteiger partial charge in [0.2, 0.25) is 0 Å². The SMILES string of the molecule is CN(Cc1ccco1)c1ccc(S(C)(=O)=O)cc1N. The second-order valence-electron chi connectivity index (χ2n) is 4.43. The predicted octanol–water partition coefficient (Wildman–Crippen LogP) is 1.90. The summed E-state index contributed by atoms with van der Waals surface area (Å²) in [7, 11) is -1.37. The Morgan fingerprint density at radius 3 is 2.58 bits per heavy atom. The van der Waals surface area contributed by atoms with Crippen LogP contribution in [0.4, 0.5) is 11.4 Å². The first kappa shape index (κ1) is 13.5. The average Bonchev–Trinajstić information content (AvgIpc) is 2.80. The molecule has 0 aliphatic heterocycles. The van der Waals surface area contributed by atoms with Gasteiger partial charge in [0.25, 0.3) is 0 Å². The van der Waals surface area contributed by atoms with Crippen LogP contribution in [0.3, 0.4) is 0 Å². The molecule has 0 aliphatic rings. The van der Waals surface area contributed by atoms with E-state index in [0.717, 1.165) is 17.7 Å². The molecule has 0 spiro atoms. The molecule has 102 valence electrons. The number of nitrogens with two attached hydrogens (primary N) is 1. The first-order chi connectivity index (χ1) is 8.88. The molecule has 0 saturated heterocycles. The lowest BCUT2D eigenvalue weighted by atomic mass is 10.2. The maximum absolute atomic E-state index is 11.4. The molecule has 2 rings (SSSR count). The first-order valence-electron chi connectivity index (χ1n) is 5.71. The van der Waals surface area contributed by atoms with E-state index in [9.17, 15) is 8.42 Å². The zero-order chi connectivity index (χ0) is 14.0. The molecule has 0 fully saturated rings. The summed E-state index contributed by atoms with van der Waals surface area (Å²) in [5, 5.41) is 0. The van der Waals surface area contributed by atoms with Crippen LogP contribution in [-0.4, -0.2) is 21.7 Å². The summed E-state index contributed by atoms with van der Waals surface area (Å²) >= 11 is 0. The van der Waals surface area contributed by atoms with Gasteiger partial charge in [0.15, 0.2) is 9.84 Å². The van der Waals surface area contributed by atoms with Crippen LogP contribution in [0.1, 0.15) is 5.76 Å². The van der Waals surface area contributed by atoms with Crippen molar-refractivity contribution in [1.29, 1.82) is 0 Å². The summed E-state index contributed by atoms with van der Waals surface area (Å²) in [6.07, 6.45) is 2.77. The molecule has 0 radical (unpaired) electrons. The minimum atomic E-state index is -3.23. The van der Waals surface area contributed by atoms with E-state index in [1.165, 1.54) is 6.07 Å². The van der Waals surface area contributed by atoms with Crippen molar-refractivity contribution in [2.75, 3.05) is 23.9 Å². The largest absolute Gasteiger partial charge is 0.467 e. The van der Waals surface area contributed by atoms with Crippen molar-refractivity contribution >= 4 is 21.2 Å². The van der Waals surface area contributed by atoms with Gasteiger partial charge < -0.3 is 15.1 Å². The Labute approximate surface area is 112 Å². The highest BCUT2D eigenvalue weighted by Crippen LogP contribution is 2.26. The average molecular weight is 280 g/mol. The third-order valence-electron chi connectivity index (χ3n) is 2.81. The molecule has 2 aromatic rings. The summed E-state index contributed by atoms with van der Waals surface area (Å²) < 4.78 is 28.1. The Kier molecular flexibility index (Phi) is 3.53. The van der Waals surface area contributed by atoms with Gasteiger partial charge in [-0.05, 0) is 30.3 Å². The summed E-state index contributed by atoms with van der Waals surface area (Å²) in [4.78, 5) is 2.13. The fourth-order valence-corrected chi connectivity index (χ4v) is 2.49. The zero-order valence-corrected chi connectivity index (χ0v) is 11.6. The van der Waals surface area contributed by atoms with Gasteiger partial charge in [0, 0.05) is 13.3 Å². The van der Waals surface area contributed by atoms with E-state index in [1.807, 2.05) is 24.1 Å². The summed E-state index contributed by atoms with van der Waals surface area (Å²) in [5.74, 6) is 0.814. The maximum Gasteiger partial charge on any atom is 0.175 e. The molecule has 0 unspecified atom stereocenters. The van der Waals surface area contributed by atoms with Crippen molar-refractivity contribution < 1.29 is 12.8 Å². The minimum absolute atomic E-state index is 0.222. The number of sulfone groups is 1. The molecule has 6 heteroatoms. The number of hydrogen-bond acceptors (Lipinski definition) is 5. The number of nitrogen functional groups attached to an aromatic ring is 1. The Hall–Kier alpha value is -1.95. The number of benzene rings is 1. The van der Waals surface area contributed by atoms with Gasteiger partial charge in [-0.15, -0.1) is 0 Å². The van der Waals surface area contributed by atoms with Gasteiger partial charge in [-0.3, -0.25) is 0 Å². The van der Waals surface area contributed by atoms with Gasteiger partial charge in [-0.1, -0.05) is 0 Å². The quantitative estimate of drug-likeness (QED) is 0.866. The van der Waals surface area contributed by atoms with Gasteiger partial charge in [-0.25, -0.2) is 8.42 Å². The summed E-state index contributed by atoms with van der Waals surface area (Å²) in [6.45, 7) is 0.565. The van der Waals surface area contributed by atoms with Gasteiger partial charge in [-0.2, -0.15) is 0 Å². The number of nitrogens with zero attached hydrogens (tertiary/aromatic N) is 1. The van der Waals surface area contributed by atoms with Crippen molar-refractivity contribution in [1.82, 2.24) is 0 Å². The molecular weight excluding hydrogens is 264 g/mol. The maximum atomic E-state index is 11.4. The topological polar surface area (TPSA) is 76.5 Å². The highest BCUT2D eigenvalue weighted by Gasteiger charge is 2.12. The van der Waals surface area contributed by atoms with Crippen molar-refractivity contribution in [3.8, 4) is 0 Å². The van der Waals surface area contributed by atoms with E-state index in [4.69, 9.17) is 10.2 Å². The lowest BCUT2D eigenvalue weighted by molar-refractivity contribution is 0.507. The number of rotatable bonds is 4. The molecule has 1 aromatic carbocycles. The summed E-state index contributed by atoms with van der Waals surface area (Å²) in [5.41, 5.74) is 7.11. The molecule has 0 aliphatic carbocycles. The monoisotopic (exact) mass is 280 g/mol. The van der Waals surface area contributed by atoms with Crippen molar-refractivity contribution in [3.63, 3.8) is 0 Å². The molecule has 1 heterocycles. The standard InChI is InChI=1S/C13H16N2O3S/c1-15(9-10-4-3-7-18-10)13-6-5-11(8-12(13)14)19(2,16)17/h3-8H,9,14H2,1-2H3. The van der Waals surface area contributed by atoms with E-state index in [-0.39, 0.29) is 4.90 Å². The number of furan rings is 1. The van der Waals surface area contributed by atoms with Crippen LogP contribution >= 0.6 is 0 Å². The number of anilines is 2. The van der Waals surface area contributed by atoms with Crippen LogP contribution in [-0.2, 0) is 16.4 Å². The highest BCUT2D eigenvalue weighted by molar-refractivity contribution is 7.90. The van der Waals surface area contributed by atoms with Crippen LogP contribution < -0.4 is 10.6 Å². The van der Waals surface area contributed by atoms with E-state index in [0.29, 0.717) is 12.2 Å². The lowest BCUT2D eigenvalue weighted by Gasteiger charge is -2.20. The normalized spacial score (nSPS) is 11.5. The first-order valence-corrected chi connectivity index (χ1v) is 7.60. The van der Waals surface area contributed by atoms with Gasteiger partial charge in [0.05, 0.1) is 29.1 Å². The molecule has 1 aromatic heterocycles. The predicted molar refractivity (Wildman–Crippen MR) is 74.8 cm³/mol. The van der Waals surface area contributed by atoms with Crippen LogP contribution in [0.5, 0.6) is 0 Å². The van der Waals surface area contributed by atoms with Gasteiger partial charge in [0.1, 0.15) is 5.76 Å². The van der Waals surface area contributed by atoms with Crippen molar-refractivity contribution in [2.24, 2.45) is 0 Å². The van der Waals surface area contributed by atoms with Crippen LogP contribution in [0.15, 0.2) is 45.9 Å².